The van der Waals surface area contributed by atoms with Crippen LogP contribution in [0.3, 0.4) is 0 Å². The SMILES string of the molecule is N#Cc1ccnc(N2CCC[C@H](C(=O)O)C2)c1. The molecule has 0 bridgehead atoms. The topological polar surface area (TPSA) is 77.2 Å². The average molecular weight is 231 g/mol. The van der Waals surface area contributed by atoms with E-state index in [0.29, 0.717) is 24.3 Å². The van der Waals surface area contributed by atoms with Gasteiger partial charge in [-0.15, -0.1) is 0 Å². The molecular formula is C12H13N3O2. The predicted molar refractivity (Wildman–Crippen MR) is 61.5 cm³/mol. The largest absolute Gasteiger partial charge is 0.481 e. The van der Waals surface area contributed by atoms with Crippen LogP contribution in [0.1, 0.15) is 18.4 Å². The number of anilines is 1. The number of nitriles is 1. The summed E-state index contributed by atoms with van der Waals surface area (Å²) in [5, 5.41) is 17.8. The first-order valence-electron chi connectivity index (χ1n) is 5.54. The van der Waals surface area contributed by atoms with Crippen LogP contribution in [0.4, 0.5) is 5.82 Å². The number of aromatic nitrogens is 1. The lowest BCUT2D eigenvalue weighted by molar-refractivity contribution is -0.141. The van der Waals surface area contributed by atoms with Gasteiger partial charge in [-0.2, -0.15) is 5.26 Å². The zero-order chi connectivity index (χ0) is 12.3. The minimum absolute atomic E-state index is 0.337. The highest BCUT2D eigenvalue weighted by molar-refractivity contribution is 5.71. The van der Waals surface area contributed by atoms with Crippen molar-refractivity contribution in [1.82, 2.24) is 4.98 Å². The maximum atomic E-state index is 11.0. The summed E-state index contributed by atoms with van der Waals surface area (Å²) in [5.41, 5.74) is 0.549. The zero-order valence-electron chi connectivity index (χ0n) is 9.33. The van der Waals surface area contributed by atoms with Gasteiger partial charge in [0.15, 0.2) is 0 Å². The van der Waals surface area contributed by atoms with Crippen molar-refractivity contribution in [2.24, 2.45) is 5.92 Å². The first-order valence-corrected chi connectivity index (χ1v) is 5.54. The minimum Gasteiger partial charge on any atom is -0.481 e. The molecule has 2 rings (SSSR count). The molecule has 1 saturated heterocycles. The molecular weight excluding hydrogens is 218 g/mol. The predicted octanol–water partition coefficient (Wildman–Crippen LogP) is 1.25. The van der Waals surface area contributed by atoms with Crippen LogP contribution in [0, 0.1) is 17.2 Å². The van der Waals surface area contributed by atoms with Crippen molar-refractivity contribution in [3.05, 3.63) is 23.9 Å². The first-order chi connectivity index (χ1) is 8.20. The van der Waals surface area contributed by atoms with E-state index in [9.17, 15) is 4.79 Å². The van der Waals surface area contributed by atoms with E-state index in [1.807, 2.05) is 4.90 Å². The molecule has 0 unspecified atom stereocenters. The van der Waals surface area contributed by atoms with Crippen molar-refractivity contribution in [3.8, 4) is 6.07 Å². The second kappa shape index (κ2) is 4.83. The van der Waals surface area contributed by atoms with E-state index >= 15 is 0 Å². The van der Waals surface area contributed by atoms with Crippen LogP contribution < -0.4 is 4.90 Å². The Bertz CT molecular complexity index is 467. The number of carboxylic acids is 1. The van der Waals surface area contributed by atoms with Crippen LogP contribution >= 0.6 is 0 Å². The molecule has 1 N–H and O–H groups in total. The van der Waals surface area contributed by atoms with Gasteiger partial charge in [-0.05, 0) is 25.0 Å². The third-order valence-corrected chi connectivity index (χ3v) is 2.97. The maximum absolute atomic E-state index is 11.0. The molecule has 2 heterocycles. The summed E-state index contributed by atoms with van der Waals surface area (Å²) >= 11 is 0. The summed E-state index contributed by atoms with van der Waals surface area (Å²) in [6.07, 6.45) is 3.14. The zero-order valence-corrected chi connectivity index (χ0v) is 9.33. The standard InChI is InChI=1S/C12H13N3O2/c13-7-9-3-4-14-11(6-9)15-5-1-2-10(8-15)12(16)17/h3-4,6,10H,1-2,5,8H2,(H,16,17)/t10-/m0/s1. The Morgan fingerprint density at radius 2 is 2.47 bits per heavy atom. The number of piperidine rings is 1. The molecule has 1 atom stereocenters. The van der Waals surface area contributed by atoms with E-state index in [2.05, 4.69) is 11.1 Å². The van der Waals surface area contributed by atoms with Gasteiger partial charge >= 0.3 is 5.97 Å². The van der Waals surface area contributed by atoms with E-state index in [1.165, 1.54) is 0 Å². The van der Waals surface area contributed by atoms with Gasteiger partial charge in [0.1, 0.15) is 5.82 Å². The van der Waals surface area contributed by atoms with Crippen molar-refractivity contribution in [1.29, 1.82) is 5.26 Å². The monoisotopic (exact) mass is 231 g/mol. The summed E-state index contributed by atoms with van der Waals surface area (Å²) < 4.78 is 0. The Morgan fingerprint density at radius 3 is 3.18 bits per heavy atom. The maximum Gasteiger partial charge on any atom is 0.308 e. The van der Waals surface area contributed by atoms with Crippen LogP contribution in [0.15, 0.2) is 18.3 Å². The van der Waals surface area contributed by atoms with Crippen LogP contribution in [-0.2, 0) is 4.79 Å². The number of carbonyl (C=O) groups is 1. The molecule has 1 fully saturated rings. The number of hydrogen-bond donors (Lipinski definition) is 1. The molecule has 5 nitrogen and oxygen atoms in total. The quantitative estimate of drug-likeness (QED) is 0.829. The Labute approximate surface area is 99.3 Å². The van der Waals surface area contributed by atoms with Gasteiger partial charge in [-0.3, -0.25) is 4.79 Å². The fourth-order valence-corrected chi connectivity index (χ4v) is 2.05. The van der Waals surface area contributed by atoms with Crippen molar-refractivity contribution in [2.45, 2.75) is 12.8 Å². The van der Waals surface area contributed by atoms with Crippen LogP contribution in [0.2, 0.25) is 0 Å². The van der Waals surface area contributed by atoms with Crippen molar-refractivity contribution in [3.63, 3.8) is 0 Å². The van der Waals surface area contributed by atoms with Gasteiger partial charge in [0.05, 0.1) is 17.6 Å². The first kappa shape index (κ1) is 11.4. The highest BCUT2D eigenvalue weighted by Gasteiger charge is 2.26. The van der Waals surface area contributed by atoms with Gasteiger partial charge in [-0.25, -0.2) is 4.98 Å². The normalized spacial score (nSPS) is 19.7. The molecule has 17 heavy (non-hydrogen) atoms. The second-order valence-corrected chi connectivity index (χ2v) is 4.14. The Morgan fingerprint density at radius 1 is 1.65 bits per heavy atom. The number of nitrogens with zero attached hydrogens (tertiary/aromatic N) is 3. The van der Waals surface area contributed by atoms with E-state index in [0.717, 1.165) is 13.0 Å². The molecule has 1 aromatic heterocycles. The summed E-state index contributed by atoms with van der Waals surface area (Å²) in [4.78, 5) is 17.1. The number of pyridine rings is 1. The highest BCUT2D eigenvalue weighted by atomic mass is 16.4. The van der Waals surface area contributed by atoms with Crippen molar-refractivity contribution in [2.75, 3.05) is 18.0 Å². The summed E-state index contributed by atoms with van der Waals surface area (Å²) in [7, 11) is 0. The van der Waals surface area contributed by atoms with Gasteiger partial charge < -0.3 is 10.0 Å². The molecule has 0 aliphatic carbocycles. The summed E-state index contributed by atoms with van der Waals surface area (Å²) in [6, 6.07) is 5.40. The Kier molecular flexibility index (Phi) is 3.24. The van der Waals surface area contributed by atoms with Gasteiger partial charge in [0.25, 0.3) is 0 Å². The smallest absolute Gasteiger partial charge is 0.308 e. The Hall–Kier alpha value is -2.09. The van der Waals surface area contributed by atoms with Crippen LogP contribution in [0.25, 0.3) is 0 Å². The fourth-order valence-electron chi connectivity index (χ4n) is 2.05. The second-order valence-electron chi connectivity index (χ2n) is 4.14. The van der Waals surface area contributed by atoms with Crippen molar-refractivity contribution >= 4 is 11.8 Å². The van der Waals surface area contributed by atoms with Crippen molar-refractivity contribution < 1.29 is 9.90 Å². The molecule has 1 aromatic rings. The Balaban J connectivity index is 2.16. The number of hydrogen-bond acceptors (Lipinski definition) is 4. The van der Waals surface area contributed by atoms with Gasteiger partial charge in [-0.1, -0.05) is 0 Å². The highest BCUT2D eigenvalue weighted by Crippen LogP contribution is 2.22. The average Bonchev–Trinajstić information content (AvgIpc) is 2.39. The molecule has 88 valence electrons. The van der Waals surface area contributed by atoms with Crippen LogP contribution in [0.5, 0.6) is 0 Å². The number of rotatable bonds is 2. The molecule has 0 aromatic carbocycles. The summed E-state index contributed by atoms with van der Waals surface area (Å²) in [5.74, 6) is -0.405. The van der Waals surface area contributed by atoms with E-state index in [1.54, 1.807) is 18.3 Å². The lowest BCUT2D eigenvalue weighted by Gasteiger charge is -2.31. The lowest BCUT2D eigenvalue weighted by Crippen LogP contribution is -2.39. The van der Waals surface area contributed by atoms with Gasteiger partial charge in [0.2, 0.25) is 0 Å². The van der Waals surface area contributed by atoms with E-state index in [-0.39, 0.29) is 5.92 Å². The van der Waals surface area contributed by atoms with E-state index < -0.39 is 5.97 Å². The fraction of sp³-hybridized carbons (Fsp3) is 0.417. The number of carboxylic acid groups (broad SMARTS) is 1. The molecule has 1 aliphatic heterocycles. The van der Waals surface area contributed by atoms with Crippen LogP contribution in [-0.4, -0.2) is 29.1 Å². The molecule has 1 aliphatic rings. The molecule has 0 saturated carbocycles. The molecule has 5 heteroatoms. The lowest BCUT2D eigenvalue weighted by atomic mass is 9.98. The van der Waals surface area contributed by atoms with Gasteiger partial charge in [0, 0.05) is 19.3 Å². The number of aliphatic carboxylic acids is 1. The molecule has 0 amide bonds. The van der Waals surface area contributed by atoms with E-state index in [4.69, 9.17) is 10.4 Å². The third-order valence-electron chi connectivity index (χ3n) is 2.97. The molecule has 0 spiro atoms. The third kappa shape index (κ3) is 2.53. The minimum atomic E-state index is -0.758. The summed E-state index contributed by atoms with van der Waals surface area (Å²) in [6.45, 7) is 1.27. The molecule has 0 radical (unpaired) electrons.